The fourth-order valence-corrected chi connectivity index (χ4v) is 3.27. The summed E-state index contributed by atoms with van der Waals surface area (Å²) in [6.07, 6.45) is 1.64. The van der Waals surface area contributed by atoms with Crippen LogP contribution in [0.4, 0.5) is 5.69 Å². The van der Waals surface area contributed by atoms with Gasteiger partial charge in [-0.3, -0.25) is 0 Å². The number of aromatic nitrogens is 1. The highest BCUT2D eigenvalue weighted by Gasteiger charge is 2.11. The van der Waals surface area contributed by atoms with Crippen molar-refractivity contribution in [2.24, 2.45) is 0 Å². The Morgan fingerprint density at radius 3 is 2.77 bits per heavy atom. The maximum atomic E-state index is 9.70. The van der Waals surface area contributed by atoms with Gasteiger partial charge in [0.2, 0.25) is 0 Å². The van der Waals surface area contributed by atoms with E-state index in [1.54, 1.807) is 24.4 Å². The number of nitrogens with one attached hydrogen (secondary N) is 1. The van der Waals surface area contributed by atoms with Crippen molar-refractivity contribution < 1.29 is 9.84 Å². The third kappa shape index (κ3) is 4.04. The molecule has 2 N–H and O–H groups in total. The van der Waals surface area contributed by atoms with E-state index in [-0.39, 0.29) is 5.75 Å². The van der Waals surface area contributed by atoms with Gasteiger partial charge in [0.25, 0.3) is 0 Å². The maximum Gasteiger partial charge on any atom is 0.161 e. The summed E-state index contributed by atoms with van der Waals surface area (Å²) in [4.78, 5) is 4.53. The van der Waals surface area contributed by atoms with Gasteiger partial charge in [0.1, 0.15) is 16.6 Å². The highest BCUT2D eigenvalue weighted by molar-refractivity contribution is 9.10. The second-order valence-corrected chi connectivity index (χ2v) is 7.02. The van der Waals surface area contributed by atoms with E-state index in [1.165, 1.54) is 18.4 Å². The summed E-state index contributed by atoms with van der Waals surface area (Å²) >= 11 is 4.77. The second-order valence-electron chi connectivity index (χ2n) is 5.25. The number of phenolic OH excluding ortho intramolecular Hbond substituents is 1. The quantitative estimate of drug-likeness (QED) is 0.542. The zero-order valence-electron chi connectivity index (χ0n) is 13.7. The van der Waals surface area contributed by atoms with Crippen LogP contribution in [0.3, 0.4) is 0 Å². The first-order chi connectivity index (χ1) is 12.6. The first-order valence-corrected chi connectivity index (χ1v) is 9.23. The number of nitrogens with zero attached hydrogens (tertiary/aromatic N) is 2. The third-order valence-corrected chi connectivity index (χ3v) is 4.96. The lowest BCUT2D eigenvalue weighted by molar-refractivity contribution is 0.373. The summed E-state index contributed by atoms with van der Waals surface area (Å²) in [5, 5.41) is 24.7. The number of methoxy groups -OCH3 is 1. The van der Waals surface area contributed by atoms with Gasteiger partial charge in [0, 0.05) is 27.3 Å². The molecule has 3 aromatic rings. The Bertz CT molecular complexity index is 991. The number of halogens is 1. The Kier molecular flexibility index (Phi) is 5.56. The number of ether oxygens (including phenoxy) is 1. The summed E-state index contributed by atoms with van der Waals surface area (Å²) in [6.45, 7) is 0. The smallest absolute Gasteiger partial charge is 0.161 e. The molecule has 0 amide bonds. The standard InChI is InChI=1S/C19H14BrN3O2S/c1-25-18-8-12(2-7-17(18)24)16-11-26-19(23-16)13(9-21)10-22-15-5-3-14(20)4-6-15/h2-8,10-11,22,24H,1H3/b13-10+. The summed E-state index contributed by atoms with van der Waals surface area (Å²) in [5.41, 5.74) is 2.84. The molecule has 7 heteroatoms. The summed E-state index contributed by atoms with van der Waals surface area (Å²) in [6, 6.07) is 14.9. The van der Waals surface area contributed by atoms with Crippen LogP contribution < -0.4 is 10.1 Å². The van der Waals surface area contributed by atoms with Gasteiger partial charge in [0.15, 0.2) is 11.5 Å². The first-order valence-electron chi connectivity index (χ1n) is 7.56. The number of hydrogen-bond acceptors (Lipinski definition) is 6. The predicted octanol–water partition coefficient (Wildman–Crippen LogP) is 5.26. The molecule has 5 nitrogen and oxygen atoms in total. The zero-order chi connectivity index (χ0) is 18.5. The number of allylic oxidation sites excluding steroid dienone is 1. The fourth-order valence-electron chi connectivity index (χ4n) is 2.21. The van der Waals surface area contributed by atoms with Crippen molar-refractivity contribution in [3.05, 3.63) is 63.5 Å². The highest BCUT2D eigenvalue weighted by atomic mass is 79.9. The molecule has 0 aliphatic carbocycles. The number of thiazole rings is 1. The lowest BCUT2D eigenvalue weighted by Crippen LogP contribution is -1.91. The summed E-state index contributed by atoms with van der Waals surface area (Å²) in [5.74, 6) is 0.452. The molecule has 0 bridgehead atoms. The average Bonchev–Trinajstić information content (AvgIpc) is 3.14. The van der Waals surface area contributed by atoms with Crippen LogP contribution in [0.5, 0.6) is 11.5 Å². The van der Waals surface area contributed by atoms with Crippen LogP contribution in [0, 0.1) is 11.3 Å². The SMILES string of the molecule is COc1cc(-c2csc(/C(C#N)=C/Nc3ccc(Br)cc3)n2)ccc1O. The topological polar surface area (TPSA) is 78.2 Å². The van der Waals surface area contributed by atoms with E-state index >= 15 is 0 Å². The number of anilines is 1. The van der Waals surface area contributed by atoms with Gasteiger partial charge >= 0.3 is 0 Å². The predicted molar refractivity (Wildman–Crippen MR) is 107 cm³/mol. The number of hydrogen-bond donors (Lipinski definition) is 2. The van der Waals surface area contributed by atoms with Crippen LogP contribution in [0.25, 0.3) is 16.8 Å². The molecule has 1 heterocycles. The van der Waals surface area contributed by atoms with Crippen LogP contribution in [-0.2, 0) is 0 Å². The number of phenols is 1. The van der Waals surface area contributed by atoms with Crippen LogP contribution >= 0.6 is 27.3 Å². The normalized spacial score (nSPS) is 11.0. The molecule has 0 aliphatic rings. The molecule has 0 unspecified atom stereocenters. The Balaban J connectivity index is 1.84. The molecule has 0 spiro atoms. The molecule has 1 aromatic heterocycles. The second kappa shape index (κ2) is 8.04. The maximum absolute atomic E-state index is 9.70. The molecule has 0 radical (unpaired) electrons. The van der Waals surface area contributed by atoms with Crippen LogP contribution in [0.1, 0.15) is 5.01 Å². The van der Waals surface area contributed by atoms with Crippen LogP contribution in [0.15, 0.2) is 58.5 Å². The Labute approximate surface area is 163 Å². The van der Waals surface area contributed by atoms with Crippen molar-refractivity contribution in [2.75, 3.05) is 12.4 Å². The molecule has 2 aromatic carbocycles. The molecule has 0 atom stereocenters. The van der Waals surface area contributed by atoms with E-state index in [0.29, 0.717) is 22.0 Å². The zero-order valence-corrected chi connectivity index (χ0v) is 16.1. The molecular formula is C19H14BrN3O2S. The van der Waals surface area contributed by atoms with Gasteiger partial charge in [-0.2, -0.15) is 5.26 Å². The van der Waals surface area contributed by atoms with Crippen molar-refractivity contribution >= 4 is 38.5 Å². The Morgan fingerprint density at radius 1 is 1.31 bits per heavy atom. The third-order valence-electron chi connectivity index (χ3n) is 3.56. The monoisotopic (exact) mass is 427 g/mol. The van der Waals surface area contributed by atoms with Gasteiger partial charge in [-0.25, -0.2) is 4.98 Å². The van der Waals surface area contributed by atoms with Crippen molar-refractivity contribution in [1.82, 2.24) is 4.98 Å². The van der Waals surface area contributed by atoms with E-state index in [0.717, 1.165) is 15.7 Å². The van der Waals surface area contributed by atoms with Gasteiger partial charge in [-0.1, -0.05) is 15.9 Å². The van der Waals surface area contributed by atoms with Crippen molar-refractivity contribution in [3.63, 3.8) is 0 Å². The summed E-state index contributed by atoms with van der Waals surface area (Å²) < 4.78 is 6.11. The molecule has 0 saturated carbocycles. The van der Waals surface area contributed by atoms with Crippen LogP contribution in [-0.4, -0.2) is 17.2 Å². The van der Waals surface area contributed by atoms with Gasteiger partial charge < -0.3 is 15.2 Å². The Morgan fingerprint density at radius 2 is 2.08 bits per heavy atom. The molecule has 0 saturated heterocycles. The minimum absolute atomic E-state index is 0.0722. The number of rotatable bonds is 5. The van der Waals surface area contributed by atoms with E-state index in [4.69, 9.17) is 4.74 Å². The van der Waals surface area contributed by atoms with E-state index in [2.05, 4.69) is 32.3 Å². The van der Waals surface area contributed by atoms with E-state index < -0.39 is 0 Å². The highest BCUT2D eigenvalue weighted by Crippen LogP contribution is 2.33. The lowest BCUT2D eigenvalue weighted by Gasteiger charge is -2.04. The molecule has 0 aliphatic heterocycles. The minimum atomic E-state index is 0.0722. The van der Waals surface area contributed by atoms with Gasteiger partial charge in [-0.05, 0) is 42.5 Å². The number of nitriles is 1. The molecule has 130 valence electrons. The molecule has 3 rings (SSSR count). The number of benzene rings is 2. The van der Waals surface area contributed by atoms with Crippen molar-refractivity contribution in [2.45, 2.75) is 0 Å². The molecule has 26 heavy (non-hydrogen) atoms. The molecule has 0 fully saturated rings. The summed E-state index contributed by atoms with van der Waals surface area (Å²) in [7, 11) is 1.50. The number of aromatic hydroxyl groups is 1. The van der Waals surface area contributed by atoms with Crippen molar-refractivity contribution in [3.8, 4) is 28.8 Å². The van der Waals surface area contributed by atoms with E-state index in [9.17, 15) is 10.4 Å². The Hall–Kier alpha value is -2.82. The van der Waals surface area contributed by atoms with Crippen LogP contribution in [0.2, 0.25) is 0 Å². The average molecular weight is 428 g/mol. The first kappa shape index (κ1) is 18.0. The van der Waals surface area contributed by atoms with Gasteiger partial charge in [0.05, 0.1) is 12.8 Å². The van der Waals surface area contributed by atoms with Crippen molar-refractivity contribution in [1.29, 1.82) is 5.26 Å². The fraction of sp³-hybridized carbons (Fsp3) is 0.0526. The largest absolute Gasteiger partial charge is 0.504 e. The van der Waals surface area contributed by atoms with E-state index in [1.807, 2.05) is 29.6 Å². The molecular weight excluding hydrogens is 414 g/mol. The lowest BCUT2D eigenvalue weighted by atomic mass is 10.1. The minimum Gasteiger partial charge on any atom is -0.504 e. The van der Waals surface area contributed by atoms with Gasteiger partial charge in [-0.15, -0.1) is 11.3 Å².